The average molecular weight is 561 g/mol. The maximum Gasteiger partial charge on any atom is 0.264 e. The van der Waals surface area contributed by atoms with Crippen LogP contribution in [0.2, 0.25) is 0 Å². The molecule has 1 heterocycles. The van der Waals surface area contributed by atoms with Crippen LogP contribution in [0, 0.1) is 0 Å². The quantitative estimate of drug-likeness (QED) is 0.285. The Balaban J connectivity index is 1.62. The standard InChI is InChI=1S/C29H28N4O6S/c1-38-22-14-15-27(39-2)26(17-22)33(40(36,37)23-10-4-3-5-11-23)20-28(34)32-25-13-7-6-12-24(25)29(35)31-19-21-9-8-16-30-18-21/h3-18H,19-20H2,1-2H3,(H,31,35)(H,32,34). The Morgan fingerprint density at radius 2 is 1.65 bits per heavy atom. The van der Waals surface area contributed by atoms with E-state index in [0.29, 0.717) is 5.75 Å². The molecule has 0 saturated carbocycles. The molecule has 0 spiro atoms. The van der Waals surface area contributed by atoms with Gasteiger partial charge in [0.25, 0.3) is 15.9 Å². The fourth-order valence-corrected chi connectivity index (χ4v) is 5.35. The molecule has 0 aliphatic heterocycles. The molecule has 0 unspecified atom stereocenters. The first-order valence-corrected chi connectivity index (χ1v) is 13.6. The van der Waals surface area contributed by atoms with Crippen molar-refractivity contribution < 1.29 is 27.5 Å². The molecule has 11 heteroatoms. The van der Waals surface area contributed by atoms with Gasteiger partial charge in [0.15, 0.2) is 0 Å². The zero-order valence-corrected chi connectivity index (χ0v) is 22.7. The van der Waals surface area contributed by atoms with Crippen molar-refractivity contribution in [1.82, 2.24) is 10.3 Å². The van der Waals surface area contributed by atoms with Gasteiger partial charge in [-0.25, -0.2) is 8.42 Å². The van der Waals surface area contributed by atoms with Gasteiger partial charge in [-0.05, 0) is 48.0 Å². The predicted molar refractivity (Wildman–Crippen MR) is 151 cm³/mol. The number of sulfonamides is 1. The maximum absolute atomic E-state index is 13.8. The zero-order chi connectivity index (χ0) is 28.5. The summed E-state index contributed by atoms with van der Waals surface area (Å²) in [5.74, 6) is -0.483. The number of nitrogens with zero attached hydrogens (tertiary/aromatic N) is 2. The van der Waals surface area contributed by atoms with E-state index >= 15 is 0 Å². The Kier molecular flexibility index (Phi) is 8.97. The van der Waals surface area contributed by atoms with E-state index in [1.165, 1.54) is 32.4 Å². The first-order chi connectivity index (χ1) is 19.3. The second kappa shape index (κ2) is 12.8. The van der Waals surface area contributed by atoms with Crippen molar-refractivity contribution in [3.05, 3.63) is 108 Å². The van der Waals surface area contributed by atoms with Crippen LogP contribution in [0.25, 0.3) is 0 Å². The van der Waals surface area contributed by atoms with Crippen LogP contribution in [0.3, 0.4) is 0 Å². The summed E-state index contributed by atoms with van der Waals surface area (Å²) in [5, 5.41) is 5.49. The summed E-state index contributed by atoms with van der Waals surface area (Å²) in [6, 6.07) is 22.5. The van der Waals surface area contributed by atoms with Gasteiger partial charge in [-0.3, -0.25) is 18.9 Å². The molecule has 206 valence electrons. The lowest BCUT2D eigenvalue weighted by Gasteiger charge is -2.26. The van der Waals surface area contributed by atoms with Gasteiger partial charge in [0.2, 0.25) is 5.91 Å². The molecule has 0 radical (unpaired) electrons. The number of benzene rings is 3. The molecular weight excluding hydrogens is 532 g/mol. The van der Waals surface area contributed by atoms with Crippen molar-refractivity contribution >= 4 is 33.2 Å². The van der Waals surface area contributed by atoms with Crippen LogP contribution in [-0.4, -0.2) is 46.0 Å². The first kappa shape index (κ1) is 28.1. The number of hydrogen-bond acceptors (Lipinski definition) is 7. The Hall–Kier alpha value is -4.90. The Morgan fingerprint density at radius 1 is 0.900 bits per heavy atom. The maximum atomic E-state index is 13.8. The first-order valence-electron chi connectivity index (χ1n) is 12.2. The van der Waals surface area contributed by atoms with Gasteiger partial charge in [0.1, 0.15) is 18.0 Å². The van der Waals surface area contributed by atoms with E-state index in [4.69, 9.17) is 9.47 Å². The second-order valence-corrected chi connectivity index (χ2v) is 10.4. The van der Waals surface area contributed by atoms with E-state index in [1.54, 1.807) is 73.1 Å². The van der Waals surface area contributed by atoms with Crippen LogP contribution in [-0.2, 0) is 21.4 Å². The SMILES string of the molecule is COc1ccc(OC)c(N(CC(=O)Nc2ccccc2C(=O)NCc2cccnc2)S(=O)(=O)c2ccccc2)c1. The topological polar surface area (TPSA) is 127 Å². The van der Waals surface area contributed by atoms with E-state index in [9.17, 15) is 18.0 Å². The number of hydrogen-bond donors (Lipinski definition) is 2. The summed E-state index contributed by atoms with van der Waals surface area (Å²) in [4.78, 5) is 30.3. The minimum absolute atomic E-state index is 0.0112. The highest BCUT2D eigenvalue weighted by Crippen LogP contribution is 2.35. The molecule has 2 amide bonds. The van der Waals surface area contributed by atoms with Crippen LogP contribution < -0.4 is 24.4 Å². The second-order valence-electron chi connectivity index (χ2n) is 8.50. The van der Waals surface area contributed by atoms with Gasteiger partial charge in [0, 0.05) is 25.0 Å². The number of carbonyl (C=O) groups excluding carboxylic acids is 2. The van der Waals surface area contributed by atoms with Gasteiger partial charge >= 0.3 is 0 Å². The Labute approximate surface area is 232 Å². The van der Waals surface area contributed by atoms with Crippen LogP contribution in [0.1, 0.15) is 15.9 Å². The third kappa shape index (κ3) is 6.56. The van der Waals surface area contributed by atoms with Crippen molar-refractivity contribution in [2.75, 3.05) is 30.4 Å². The minimum Gasteiger partial charge on any atom is -0.497 e. The highest BCUT2D eigenvalue weighted by Gasteiger charge is 2.30. The van der Waals surface area contributed by atoms with E-state index in [0.717, 1.165) is 9.87 Å². The normalized spacial score (nSPS) is 10.8. The molecule has 4 aromatic rings. The summed E-state index contributed by atoms with van der Waals surface area (Å²) < 4.78 is 39.2. The molecule has 0 aliphatic rings. The number of amides is 2. The number of para-hydroxylation sites is 1. The molecule has 1 aromatic heterocycles. The summed E-state index contributed by atoms with van der Waals surface area (Å²) in [6.07, 6.45) is 3.28. The van der Waals surface area contributed by atoms with Gasteiger partial charge in [-0.2, -0.15) is 0 Å². The van der Waals surface area contributed by atoms with Crippen molar-refractivity contribution in [1.29, 1.82) is 0 Å². The minimum atomic E-state index is -4.21. The molecule has 2 N–H and O–H groups in total. The third-order valence-corrected chi connectivity index (χ3v) is 7.67. The number of rotatable bonds is 11. The van der Waals surface area contributed by atoms with E-state index in [2.05, 4.69) is 15.6 Å². The Bertz CT molecular complexity index is 1580. The number of ether oxygens (including phenoxy) is 2. The Morgan fingerprint density at radius 3 is 2.35 bits per heavy atom. The number of pyridine rings is 1. The van der Waals surface area contributed by atoms with Crippen molar-refractivity contribution in [3.8, 4) is 11.5 Å². The molecule has 4 rings (SSSR count). The van der Waals surface area contributed by atoms with Crippen molar-refractivity contribution in [2.45, 2.75) is 11.4 Å². The van der Waals surface area contributed by atoms with Crippen molar-refractivity contribution in [3.63, 3.8) is 0 Å². The number of methoxy groups -OCH3 is 2. The summed E-state index contributed by atoms with van der Waals surface area (Å²) in [7, 11) is -1.36. The highest BCUT2D eigenvalue weighted by atomic mass is 32.2. The van der Waals surface area contributed by atoms with Gasteiger partial charge < -0.3 is 20.1 Å². The largest absolute Gasteiger partial charge is 0.497 e. The van der Waals surface area contributed by atoms with Crippen LogP contribution >= 0.6 is 0 Å². The predicted octanol–water partition coefficient (Wildman–Crippen LogP) is 3.86. The molecule has 3 aromatic carbocycles. The fourth-order valence-electron chi connectivity index (χ4n) is 3.90. The number of anilines is 2. The average Bonchev–Trinajstić information content (AvgIpc) is 2.99. The number of nitrogens with one attached hydrogen (secondary N) is 2. The molecule has 0 bridgehead atoms. The van der Waals surface area contributed by atoms with Crippen LogP contribution in [0.5, 0.6) is 11.5 Å². The van der Waals surface area contributed by atoms with Crippen LogP contribution in [0.4, 0.5) is 11.4 Å². The smallest absolute Gasteiger partial charge is 0.264 e. The number of aromatic nitrogens is 1. The monoisotopic (exact) mass is 560 g/mol. The highest BCUT2D eigenvalue weighted by molar-refractivity contribution is 7.92. The molecule has 0 atom stereocenters. The fraction of sp³-hybridized carbons (Fsp3) is 0.138. The van der Waals surface area contributed by atoms with Gasteiger partial charge in [-0.15, -0.1) is 0 Å². The summed E-state index contributed by atoms with van der Waals surface area (Å²) in [6.45, 7) is -0.361. The lowest BCUT2D eigenvalue weighted by molar-refractivity contribution is -0.114. The van der Waals surface area contributed by atoms with Crippen molar-refractivity contribution in [2.24, 2.45) is 0 Å². The van der Waals surface area contributed by atoms with E-state index < -0.39 is 28.4 Å². The molecule has 0 aliphatic carbocycles. The van der Waals surface area contributed by atoms with E-state index in [1.807, 2.05) is 6.07 Å². The molecule has 0 fully saturated rings. The molecular formula is C29H28N4O6S. The molecule has 40 heavy (non-hydrogen) atoms. The van der Waals surface area contributed by atoms with E-state index in [-0.39, 0.29) is 34.1 Å². The van der Waals surface area contributed by atoms with Gasteiger partial charge in [-0.1, -0.05) is 36.4 Å². The third-order valence-electron chi connectivity index (χ3n) is 5.89. The lowest BCUT2D eigenvalue weighted by Crippen LogP contribution is -2.38. The number of carbonyl (C=O) groups is 2. The van der Waals surface area contributed by atoms with Crippen LogP contribution in [0.15, 0.2) is 102 Å². The molecule has 10 nitrogen and oxygen atoms in total. The lowest BCUT2D eigenvalue weighted by atomic mass is 10.1. The van der Waals surface area contributed by atoms with Gasteiger partial charge in [0.05, 0.1) is 36.1 Å². The molecule has 0 saturated heterocycles. The zero-order valence-electron chi connectivity index (χ0n) is 21.9. The summed E-state index contributed by atoms with van der Waals surface area (Å²) in [5.41, 5.74) is 1.37. The summed E-state index contributed by atoms with van der Waals surface area (Å²) >= 11 is 0.